The van der Waals surface area contributed by atoms with Crippen LogP contribution >= 0.6 is 0 Å². The molecule has 0 radical (unpaired) electrons. The number of allylic oxidation sites excluding steroid dienone is 4. The van der Waals surface area contributed by atoms with Crippen LogP contribution in [0.2, 0.25) is 0 Å². The lowest BCUT2D eigenvalue weighted by Crippen LogP contribution is -2.27. The molecule has 0 aromatic heterocycles. The number of para-hydroxylation sites is 2. The first-order chi connectivity index (χ1) is 14.3. The van der Waals surface area contributed by atoms with Crippen molar-refractivity contribution >= 4 is 17.1 Å². The molecule has 0 saturated carbocycles. The number of anilines is 1. The average molecular weight is 396 g/mol. The van der Waals surface area contributed by atoms with Crippen molar-refractivity contribution in [2.24, 2.45) is 0 Å². The Balaban J connectivity index is 1.73. The molecule has 0 atom stereocenters. The van der Waals surface area contributed by atoms with Crippen molar-refractivity contribution in [3.63, 3.8) is 0 Å². The highest BCUT2D eigenvalue weighted by molar-refractivity contribution is 6.03. The SMILES string of the molecule is CC#CCN1C(=CC=CC2=[N+](C)c3ccccc3C2(C)C)C(C)(C)c2ccccc21. The maximum absolute atomic E-state index is 3.26. The molecule has 0 spiro atoms. The van der Waals surface area contributed by atoms with E-state index in [0.29, 0.717) is 6.54 Å². The first-order valence-electron chi connectivity index (χ1n) is 10.7. The van der Waals surface area contributed by atoms with Gasteiger partial charge >= 0.3 is 0 Å². The predicted molar refractivity (Wildman–Crippen MR) is 128 cm³/mol. The third kappa shape index (κ3) is 3.01. The second-order valence-electron chi connectivity index (χ2n) is 9.15. The Labute approximate surface area is 181 Å². The molecule has 2 heterocycles. The van der Waals surface area contributed by atoms with Crippen LogP contribution in [-0.2, 0) is 10.8 Å². The second kappa shape index (κ2) is 7.33. The number of hydrogen-bond donors (Lipinski definition) is 0. The number of fused-ring (bicyclic) bond motifs is 2. The van der Waals surface area contributed by atoms with Crippen LogP contribution in [0.3, 0.4) is 0 Å². The molecule has 2 aliphatic rings. The van der Waals surface area contributed by atoms with Crippen LogP contribution in [0.4, 0.5) is 11.4 Å². The molecule has 4 rings (SSSR count). The summed E-state index contributed by atoms with van der Waals surface area (Å²) in [5.41, 5.74) is 7.84. The summed E-state index contributed by atoms with van der Waals surface area (Å²) in [7, 11) is 2.17. The lowest BCUT2D eigenvalue weighted by molar-refractivity contribution is -0.401. The summed E-state index contributed by atoms with van der Waals surface area (Å²) in [5, 5.41) is 0. The Morgan fingerprint density at radius 3 is 2.30 bits per heavy atom. The van der Waals surface area contributed by atoms with Gasteiger partial charge in [0.15, 0.2) is 5.71 Å². The molecule has 152 valence electrons. The van der Waals surface area contributed by atoms with Crippen molar-refractivity contribution in [3.8, 4) is 11.8 Å². The van der Waals surface area contributed by atoms with Crippen molar-refractivity contribution in [1.29, 1.82) is 0 Å². The molecule has 2 aromatic rings. The Kier molecular flexibility index (Phi) is 4.94. The van der Waals surface area contributed by atoms with E-state index in [4.69, 9.17) is 0 Å². The normalized spacial score (nSPS) is 19.8. The van der Waals surface area contributed by atoms with E-state index in [1.54, 1.807) is 0 Å². The lowest BCUT2D eigenvalue weighted by Gasteiger charge is -2.25. The highest BCUT2D eigenvalue weighted by Crippen LogP contribution is 2.47. The summed E-state index contributed by atoms with van der Waals surface area (Å²) in [6, 6.07) is 17.4. The molecule has 2 aliphatic heterocycles. The van der Waals surface area contributed by atoms with E-state index >= 15 is 0 Å². The quantitative estimate of drug-likeness (QED) is 0.459. The molecule has 0 aliphatic carbocycles. The zero-order valence-corrected chi connectivity index (χ0v) is 19.0. The van der Waals surface area contributed by atoms with Crippen LogP contribution in [0, 0.1) is 11.8 Å². The maximum Gasteiger partial charge on any atom is 0.209 e. The Bertz CT molecular complexity index is 1150. The molecule has 2 aromatic carbocycles. The summed E-state index contributed by atoms with van der Waals surface area (Å²) in [4.78, 5) is 2.36. The van der Waals surface area contributed by atoms with Gasteiger partial charge in [0, 0.05) is 34.5 Å². The summed E-state index contributed by atoms with van der Waals surface area (Å²) in [6.07, 6.45) is 6.77. The van der Waals surface area contributed by atoms with E-state index in [2.05, 4.69) is 123 Å². The lowest BCUT2D eigenvalue weighted by atomic mass is 9.81. The topological polar surface area (TPSA) is 6.25 Å². The number of nitrogens with zero attached hydrogens (tertiary/aromatic N) is 2. The minimum absolute atomic E-state index is 0.0120. The molecule has 0 fully saturated rings. The van der Waals surface area contributed by atoms with Crippen LogP contribution in [0.5, 0.6) is 0 Å². The van der Waals surface area contributed by atoms with Crippen LogP contribution < -0.4 is 4.90 Å². The van der Waals surface area contributed by atoms with Gasteiger partial charge in [0.05, 0.1) is 12.0 Å². The fourth-order valence-corrected chi connectivity index (χ4v) is 5.00. The third-order valence-electron chi connectivity index (χ3n) is 6.66. The standard InChI is InChI=1S/C28H31N2/c1-7-8-20-30-24-17-12-10-15-22(24)28(4,5)26(30)19-13-18-25-27(2,3)21-14-9-11-16-23(21)29(25)6/h9-19H,20H2,1-6H3/q+1. The summed E-state index contributed by atoms with van der Waals surface area (Å²) >= 11 is 0. The van der Waals surface area contributed by atoms with E-state index in [-0.39, 0.29) is 10.8 Å². The molecule has 30 heavy (non-hydrogen) atoms. The van der Waals surface area contributed by atoms with Crippen LogP contribution in [0.25, 0.3) is 0 Å². The summed E-state index contributed by atoms with van der Waals surface area (Å²) < 4.78 is 2.32. The van der Waals surface area contributed by atoms with Gasteiger partial charge < -0.3 is 4.90 Å². The Morgan fingerprint density at radius 1 is 0.933 bits per heavy atom. The minimum Gasteiger partial charge on any atom is -0.332 e. The predicted octanol–water partition coefficient (Wildman–Crippen LogP) is 5.95. The second-order valence-corrected chi connectivity index (χ2v) is 9.15. The zero-order valence-electron chi connectivity index (χ0n) is 19.0. The van der Waals surface area contributed by atoms with Crippen LogP contribution in [0.15, 0.2) is 72.5 Å². The van der Waals surface area contributed by atoms with Crippen LogP contribution in [0.1, 0.15) is 45.7 Å². The van der Waals surface area contributed by atoms with Gasteiger partial charge in [0.1, 0.15) is 7.05 Å². The maximum atomic E-state index is 3.26. The molecule has 0 saturated heterocycles. The highest BCUT2D eigenvalue weighted by Gasteiger charge is 2.43. The first kappa shape index (κ1) is 20.2. The Hall–Kier alpha value is -3.05. The van der Waals surface area contributed by atoms with Gasteiger partial charge in [-0.2, -0.15) is 4.58 Å². The highest BCUT2D eigenvalue weighted by atomic mass is 15.2. The van der Waals surface area contributed by atoms with Crippen molar-refractivity contribution in [2.75, 3.05) is 18.5 Å². The van der Waals surface area contributed by atoms with E-state index in [1.807, 2.05) is 6.92 Å². The largest absolute Gasteiger partial charge is 0.332 e. The van der Waals surface area contributed by atoms with Gasteiger partial charge in [0.2, 0.25) is 5.69 Å². The number of benzene rings is 2. The number of rotatable bonds is 3. The van der Waals surface area contributed by atoms with Crippen molar-refractivity contribution in [3.05, 3.63) is 83.6 Å². The van der Waals surface area contributed by atoms with Gasteiger partial charge in [-0.1, -0.05) is 62.2 Å². The summed E-state index contributed by atoms with van der Waals surface area (Å²) in [6.45, 7) is 11.8. The first-order valence-corrected chi connectivity index (χ1v) is 10.7. The third-order valence-corrected chi connectivity index (χ3v) is 6.66. The average Bonchev–Trinajstić information content (AvgIpc) is 3.06. The van der Waals surface area contributed by atoms with Crippen LogP contribution in [-0.4, -0.2) is 23.9 Å². The Morgan fingerprint density at radius 2 is 1.60 bits per heavy atom. The van der Waals surface area contributed by atoms with E-state index in [0.717, 1.165) is 0 Å². The van der Waals surface area contributed by atoms with Gasteiger partial charge in [-0.3, -0.25) is 0 Å². The smallest absolute Gasteiger partial charge is 0.209 e. The van der Waals surface area contributed by atoms with E-state index in [9.17, 15) is 0 Å². The molecule has 0 amide bonds. The van der Waals surface area contributed by atoms with Gasteiger partial charge in [-0.05, 0) is 38.5 Å². The molecule has 0 N–H and O–H groups in total. The molecular formula is C28H31N2+. The molecule has 0 bridgehead atoms. The zero-order chi connectivity index (χ0) is 21.5. The van der Waals surface area contributed by atoms with Gasteiger partial charge in [-0.15, -0.1) is 5.92 Å². The number of hydrogen-bond acceptors (Lipinski definition) is 1. The van der Waals surface area contributed by atoms with Gasteiger partial charge in [0.25, 0.3) is 0 Å². The fourth-order valence-electron chi connectivity index (χ4n) is 5.00. The van der Waals surface area contributed by atoms with Crippen molar-refractivity contribution < 1.29 is 4.58 Å². The molecule has 0 unspecified atom stereocenters. The fraction of sp³-hybridized carbons (Fsp3) is 0.321. The monoisotopic (exact) mass is 395 g/mol. The molecular weight excluding hydrogens is 364 g/mol. The van der Waals surface area contributed by atoms with Gasteiger partial charge in [-0.25, -0.2) is 0 Å². The van der Waals surface area contributed by atoms with E-state index < -0.39 is 0 Å². The van der Waals surface area contributed by atoms with Crippen molar-refractivity contribution in [2.45, 2.75) is 45.4 Å². The molecule has 2 nitrogen and oxygen atoms in total. The molecule has 2 heteroatoms. The van der Waals surface area contributed by atoms with Crippen molar-refractivity contribution in [1.82, 2.24) is 0 Å². The summed E-state index contributed by atoms with van der Waals surface area (Å²) in [5.74, 6) is 6.31. The minimum atomic E-state index is -0.0545. The van der Waals surface area contributed by atoms with E-state index in [1.165, 1.54) is 33.9 Å².